The standard InChI is InChI=1S/C7H12FNO2/c1-3-11-7(10)6(8)4-5(2)9/h4-5H,3,9H2,1-2H3/b6-4+/t5-/m0/s1. The van der Waals surface area contributed by atoms with E-state index in [1.54, 1.807) is 13.8 Å². The molecule has 0 aliphatic rings. The van der Waals surface area contributed by atoms with Crippen molar-refractivity contribution in [3.05, 3.63) is 11.9 Å². The Morgan fingerprint density at radius 3 is 2.73 bits per heavy atom. The van der Waals surface area contributed by atoms with Crippen molar-refractivity contribution in [2.24, 2.45) is 5.73 Å². The lowest BCUT2D eigenvalue weighted by Crippen LogP contribution is -2.14. The maximum Gasteiger partial charge on any atom is 0.366 e. The van der Waals surface area contributed by atoms with Crippen molar-refractivity contribution in [2.75, 3.05) is 6.61 Å². The maximum absolute atomic E-state index is 12.5. The molecule has 0 aromatic heterocycles. The zero-order valence-electron chi connectivity index (χ0n) is 6.63. The van der Waals surface area contributed by atoms with Crippen molar-refractivity contribution in [3.8, 4) is 0 Å². The van der Waals surface area contributed by atoms with Crippen LogP contribution < -0.4 is 5.73 Å². The van der Waals surface area contributed by atoms with Crippen LogP contribution in [-0.4, -0.2) is 18.6 Å². The van der Waals surface area contributed by atoms with Crippen LogP contribution in [0.15, 0.2) is 11.9 Å². The van der Waals surface area contributed by atoms with Crippen molar-refractivity contribution >= 4 is 5.97 Å². The molecule has 0 saturated carbocycles. The smallest absolute Gasteiger partial charge is 0.366 e. The van der Waals surface area contributed by atoms with Gasteiger partial charge in [-0.15, -0.1) is 0 Å². The van der Waals surface area contributed by atoms with Crippen LogP contribution in [0.25, 0.3) is 0 Å². The van der Waals surface area contributed by atoms with E-state index in [2.05, 4.69) is 4.74 Å². The Balaban J connectivity index is 4.01. The van der Waals surface area contributed by atoms with Crippen LogP contribution in [0, 0.1) is 0 Å². The highest BCUT2D eigenvalue weighted by atomic mass is 19.1. The first-order valence-corrected chi connectivity index (χ1v) is 3.38. The molecule has 11 heavy (non-hydrogen) atoms. The number of halogens is 1. The Morgan fingerprint density at radius 1 is 1.82 bits per heavy atom. The molecule has 1 atom stereocenters. The van der Waals surface area contributed by atoms with Gasteiger partial charge in [-0.1, -0.05) is 0 Å². The largest absolute Gasteiger partial charge is 0.461 e. The Bertz CT molecular complexity index is 166. The highest BCUT2D eigenvalue weighted by Crippen LogP contribution is 2.00. The molecule has 4 heteroatoms. The fourth-order valence-corrected chi connectivity index (χ4v) is 0.499. The summed E-state index contributed by atoms with van der Waals surface area (Å²) in [4.78, 5) is 10.6. The van der Waals surface area contributed by atoms with Crippen LogP contribution in [0.3, 0.4) is 0 Å². The molecule has 0 amide bonds. The van der Waals surface area contributed by atoms with E-state index < -0.39 is 17.8 Å². The molecule has 3 nitrogen and oxygen atoms in total. The van der Waals surface area contributed by atoms with Gasteiger partial charge in [-0.05, 0) is 19.9 Å². The fourth-order valence-electron chi connectivity index (χ4n) is 0.499. The van der Waals surface area contributed by atoms with E-state index in [4.69, 9.17) is 5.73 Å². The van der Waals surface area contributed by atoms with Gasteiger partial charge in [0.05, 0.1) is 6.61 Å². The van der Waals surface area contributed by atoms with Crippen LogP contribution >= 0.6 is 0 Å². The number of hydrogen-bond donors (Lipinski definition) is 1. The Kier molecular flexibility index (Phi) is 4.45. The Labute approximate surface area is 65.0 Å². The average molecular weight is 161 g/mol. The highest BCUT2D eigenvalue weighted by Gasteiger charge is 2.08. The Morgan fingerprint density at radius 2 is 2.36 bits per heavy atom. The van der Waals surface area contributed by atoms with Gasteiger partial charge in [-0.2, -0.15) is 4.39 Å². The van der Waals surface area contributed by atoms with Gasteiger partial charge in [-0.25, -0.2) is 4.79 Å². The summed E-state index contributed by atoms with van der Waals surface area (Å²) >= 11 is 0. The third kappa shape index (κ3) is 4.50. The summed E-state index contributed by atoms with van der Waals surface area (Å²) in [6.45, 7) is 3.34. The van der Waals surface area contributed by atoms with Crippen LogP contribution in [-0.2, 0) is 9.53 Å². The molecular formula is C7H12FNO2. The lowest BCUT2D eigenvalue weighted by molar-refractivity contribution is -0.140. The Hall–Kier alpha value is -0.900. The van der Waals surface area contributed by atoms with Gasteiger partial charge in [-0.3, -0.25) is 0 Å². The number of ether oxygens (including phenoxy) is 1. The summed E-state index contributed by atoms with van der Waals surface area (Å²) in [6, 6.07) is -0.473. The molecule has 0 spiro atoms. The third-order valence-electron chi connectivity index (χ3n) is 0.880. The highest BCUT2D eigenvalue weighted by molar-refractivity contribution is 5.85. The first-order chi connectivity index (χ1) is 5.07. The minimum atomic E-state index is -0.954. The van der Waals surface area contributed by atoms with E-state index in [9.17, 15) is 9.18 Å². The summed E-state index contributed by atoms with van der Waals surface area (Å²) in [5.74, 6) is -1.88. The van der Waals surface area contributed by atoms with Gasteiger partial charge in [0.1, 0.15) is 0 Å². The molecular weight excluding hydrogens is 149 g/mol. The molecule has 2 N–H and O–H groups in total. The molecule has 0 unspecified atom stereocenters. The number of nitrogens with two attached hydrogens (primary N) is 1. The average Bonchev–Trinajstić information content (AvgIpc) is 1.86. The van der Waals surface area contributed by atoms with Crippen LogP contribution in [0.2, 0.25) is 0 Å². The molecule has 0 aliphatic heterocycles. The van der Waals surface area contributed by atoms with Gasteiger partial charge in [0.25, 0.3) is 0 Å². The lowest BCUT2D eigenvalue weighted by Gasteiger charge is -1.99. The summed E-state index contributed by atoms with van der Waals surface area (Å²) in [5, 5.41) is 0. The molecule has 0 fully saturated rings. The number of esters is 1. The normalized spacial score (nSPS) is 14.4. The summed E-state index contributed by atoms with van der Waals surface area (Å²) < 4.78 is 16.9. The van der Waals surface area contributed by atoms with Gasteiger partial charge in [0.2, 0.25) is 5.83 Å². The molecule has 0 aromatic carbocycles. The third-order valence-corrected chi connectivity index (χ3v) is 0.880. The molecule has 0 rings (SSSR count). The number of hydrogen-bond acceptors (Lipinski definition) is 3. The van der Waals surface area contributed by atoms with E-state index in [-0.39, 0.29) is 6.61 Å². The molecule has 0 bridgehead atoms. The van der Waals surface area contributed by atoms with Gasteiger partial charge in [0.15, 0.2) is 0 Å². The zero-order valence-corrected chi connectivity index (χ0v) is 6.63. The lowest BCUT2D eigenvalue weighted by atomic mass is 10.3. The van der Waals surface area contributed by atoms with Crippen LogP contribution in [0.5, 0.6) is 0 Å². The molecule has 0 radical (unpaired) electrons. The summed E-state index contributed by atoms with van der Waals surface area (Å²) in [7, 11) is 0. The second-order valence-corrected chi connectivity index (χ2v) is 2.09. The van der Waals surface area contributed by atoms with Crippen molar-refractivity contribution in [1.29, 1.82) is 0 Å². The van der Waals surface area contributed by atoms with Crippen LogP contribution in [0.4, 0.5) is 4.39 Å². The number of rotatable bonds is 3. The predicted octanol–water partition coefficient (Wildman–Crippen LogP) is 0.750. The summed E-state index contributed by atoms with van der Waals surface area (Å²) in [6.07, 6.45) is 1.01. The van der Waals surface area contributed by atoms with Crippen molar-refractivity contribution in [1.82, 2.24) is 0 Å². The van der Waals surface area contributed by atoms with Crippen LogP contribution in [0.1, 0.15) is 13.8 Å². The molecule has 64 valence electrons. The first kappa shape index (κ1) is 10.1. The van der Waals surface area contributed by atoms with E-state index in [1.165, 1.54) is 0 Å². The second-order valence-electron chi connectivity index (χ2n) is 2.09. The van der Waals surface area contributed by atoms with Gasteiger partial charge >= 0.3 is 5.97 Å². The number of carbonyl (C=O) groups excluding carboxylic acids is 1. The van der Waals surface area contributed by atoms with E-state index in [0.717, 1.165) is 6.08 Å². The molecule has 0 aromatic rings. The second kappa shape index (κ2) is 4.85. The van der Waals surface area contributed by atoms with Crippen molar-refractivity contribution in [2.45, 2.75) is 19.9 Å². The van der Waals surface area contributed by atoms with Crippen molar-refractivity contribution in [3.63, 3.8) is 0 Å². The molecule has 0 aliphatic carbocycles. The summed E-state index contributed by atoms with van der Waals surface area (Å²) in [5.41, 5.74) is 5.20. The van der Waals surface area contributed by atoms with E-state index >= 15 is 0 Å². The topological polar surface area (TPSA) is 52.3 Å². The van der Waals surface area contributed by atoms with Gasteiger partial charge < -0.3 is 10.5 Å². The van der Waals surface area contributed by atoms with E-state index in [0.29, 0.717) is 0 Å². The predicted molar refractivity (Wildman–Crippen MR) is 39.5 cm³/mol. The molecule has 0 heterocycles. The monoisotopic (exact) mass is 161 g/mol. The maximum atomic E-state index is 12.5. The minimum absolute atomic E-state index is 0.166. The van der Waals surface area contributed by atoms with E-state index in [1.807, 2.05) is 0 Å². The minimum Gasteiger partial charge on any atom is -0.461 e. The van der Waals surface area contributed by atoms with Gasteiger partial charge in [0, 0.05) is 6.04 Å². The first-order valence-electron chi connectivity index (χ1n) is 3.38. The fraction of sp³-hybridized carbons (Fsp3) is 0.571. The SMILES string of the molecule is CCOC(=O)/C(F)=C\[C@H](C)N. The number of carbonyl (C=O) groups is 1. The quantitative estimate of drug-likeness (QED) is 0.491. The van der Waals surface area contributed by atoms with Crippen molar-refractivity contribution < 1.29 is 13.9 Å². The zero-order chi connectivity index (χ0) is 8.85. The molecule has 0 saturated heterocycles.